The first-order valence-corrected chi connectivity index (χ1v) is 9.22. The number of amides is 2. The van der Waals surface area contributed by atoms with Crippen molar-refractivity contribution in [3.63, 3.8) is 0 Å². The smallest absolute Gasteiger partial charge is 0.408 e. The molecule has 2 aromatic carbocycles. The Morgan fingerprint density at radius 1 is 1.11 bits per heavy atom. The topological polar surface area (TPSA) is 58.6 Å². The molecule has 0 aliphatic carbocycles. The van der Waals surface area contributed by atoms with Crippen molar-refractivity contribution in [3.8, 4) is 0 Å². The van der Waals surface area contributed by atoms with E-state index in [2.05, 4.69) is 5.32 Å². The number of para-hydroxylation sites is 1. The molecule has 142 valence electrons. The number of nitrogens with zero attached hydrogens (tertiary/aromatic N) is 1. The Bertz CT molecular complexity index is 827. The largest absolute Gasteiger partial charge is 0.444 e. The molecule has 2 amide bonds. The molecule has 1 aliphatic rings. The number of carbonyl (C=O) groups is 2. The minimum atomic E-state index is -0.652. The van der Waals surface area contributed by atoms with Crippen molar-refractivity contribution in [3.05, 3.63) is 65.7 Å². The molecule has 0 saturated heterocycles. The van der Waals surface area contributed by atoms with Gasteiger partial charge in [-0.05, 0) is 44.9 Å². The van der Waals surface area contributed by atoms with Crippen LogP contribution in [0.15, 0.2) is 54.6 Å². The fourth-order valence-electron chi connectivity index (χ4n) is 3.35. The van der Waals surface area contributed by atoms with E-state index in [1.54, 1.807) is 25.7 Å². The number of hydrogen-bond donors (Lipinski definition) is 1. The summed E-state index contributed by atoms with van der Waals surface area (Å²) in [5.74, 6) is -0.129. The summed E-state index contributed by atoms with van der Waals surface area (Å²) < 4.78 is 5.34. The highest BCUT2D eigenvalue weighted by atomic mass is 16.6. The van der Waals surface area contributed by atoms with Crippen LogP contribution >= 0.6 is 0 Å². The van der Waals surface area contributed by atoms with Gasteiger partial charge in [-0.15, -0.1) is 0 Å². The van der Waals surface area contributed by atoms with Crippen molar-refractivity contribution in [2.45, 2.75) is 51.8 Å². The van der Waals surface area contributed by atoms with E-state index in [-0.39, 0.29) is 11.9 Å². The molecule has 0 unspecified atom stereocenters. The van der Waals surface area contributed by atoms with Gasteiger partial charge in [-0.25, -0.2) is 4.79 Å². The summed E-state index contributed by atoms with van der Waals surface area (Å²) >= 11 is 0. The zero-order chi connectivity index (χ0) is 19.6. The predicted octanol–water partition coefficient (Wildman–Crippen LogP) is 4.23. The van der Waals surface area contributed by atoms with Crippen molar-refractivity contribution in [1.82, 2.24) is 5.32 Å². The summed E-state index contributed by atoms with van der Waals surface area (Å²) in [7, 11) is 0. The molecular formula is C22H26N2O3. The van der Waals surface area contributed by atoms with E-state index < -0.39 is 17.7 Å². The number of hydrogen-bond acceptors (Lipinski definition) is 3. The molecule has 1 aliphatic heterocycles. The maximum Gasteiger partial charge on any atom is 0.408 e. The lowest BCUT2D eigenvalue weighted by atomic mass is 9.94. The van der Waals surface area contributed by atoms with E-state index in [9.17, 15) is 9.59 Å². The number of ether oxygens (including phenoxy) is 1. The van der Waals surface area contributed by atoms with Crippen LogP contribution in [0.4, 0.5) is 10.5 Å². The second-order valence-electron chi connectivity index (χ2n) is 7.83. The normalized spacial score (nSPS) is 17.9. The Morgan fingerprint density at radius 2 is 1.74 bits per heavy atom. The third kappa shape index (κ3) is 4.30. The highest BCUT2D eigenvalue weighted by Gasteiger charge is 2.37. The fraction of sp³-hybridized carbons (Fsp3) is 0.364. The van der Waals surface area contributed by atoms with Gasteiger partial charge in [-0.1, -0.05) is 48.5 Å². The Labute approximate surface area is 160 Å². The lowest BCUT2D eigenvalue weighted by molar-refractivity contribution is -0.121. The summed E-state index contributed by atoms with van der Waals surface area (Å²) in [4.78, 5) is 27.3. The Kier molecular flexibility index (Phi) is 5.22. The van der Waals surface area contributed by atoms with Crippen molar-refractivity contribution < 1.29 is 14.3 Å². The van der Waals surface area contributed by atoms with Gasteiger partial charge in [-0.2, -0.15) is 0 Å². The summed E-state index contributed by atoms with van der Waals surface area (Å²) in [6.45, 7) is 7.40. The third-order valence-electron chi connectivity index (χ3n) is 4.57. The van der Waals surface area contributed by atoms with Gasteiger partial charge in [0.15, 0.2) is 0 Å². The molecule has 0 saturated carbocycles. The van der Waals surface area contributed by atoms with Crippen LogP contribution < -0.4 is 10.2 Å². The van der Waals surface area contributed by atoms with Gasteiger partial charge in [0.1, 0.15) is 11.6 Å². The van der Waals surface area contributed by atoms with Crippen molar-refractivity contribution in [2.24, 2.45) is 0 Å². The Hall–Kier alpha value is -2.82. The Balaban J connectivity index is 1.90. The highest BCUT2D eigenvalue weighted by Crippen LogP contribution is 2.34. The first-order chi connectivity index (χ1) is 12.8. The van der Waals surface area contributed by atoms with E-state index >= 15 is 0 Å². The summed E-state index contributed by atoms with van der Waals surface area (Å²) in [6.07, 6.45) is -0.126. The number of fused-ring (bicyclic) bond motifs is 1. The number of carbonyl (C=O) groups excluding carboxylic acids is 2. The second kappa shape index (κ2) is 7.43. The minimum absolute atomic E-state index is 0.129. The van der Waals surface area contributed by atoms with Crippen molar-refractivity contribution >= 4 is 17.7 Å². The van der Waals surface area contributed by atoms with Crippen LogP contribution in [-0.4, -0.2) is 23.6 Å². The van der Waals surface area contributed by atoms with Crippen molar-refractivity contribution in [2.75, 3.05) is 4.90 Å². The fourth-order valence-corrected chi connectivity index (χ4v) is 3.35. The van der Waals surface area contributed by atoms with Gasteiger partial charge < -0.3 is 15.0 Å². The van der Waals surface area contributed by atoms with E-state index in [4.69, 9.17) is 4.74 Å². The van der Waals surface area contributed by atoms with Gasteiger partial charge in [0.05, 0.1) is 6.04 Å². The number of alkyl carbamates (subject to hydrolysis) is 1. The molecule has 5 heteroatoms. The van der Waals surface area contributed by atoms with Gasteiger partial charge in [-0.3, -0.25) is 4.79 Å². The molecule has 27 heavy (non-hydrogen) atoms. The maximum atomic E-state index is 13.3. The average molecular weight is 366 g/mol. The molecule has 0 fully saturated rings. The van der Waals surface area contributed by atoms with Crippen LogP contribution in [0.3, 0.4) is 0 Å². The molecule has 0 aromatic heterocycles. The van der Waals surface area contributed by atoms with E-state index in [0.717, 1.165) is 16.8 Å². The van der Waals surface area contributed by atoms with Crippen molar-refractivity contribution in [1.29, 1.82) is 0 Å². The number of rotatable bonds is 3. The monoisotopic (exact) mass is 366 g/mol. The molecule has 0 radical (unpaired) electrons. The molecule has 1 N–H and O–H groups in total. The maximum absolute atomic E-state index is 13.3. The van der Waals surface area contributed by atoms with Gasteiger partial charge in [0, 0.05) is 12.1 Å². The first kappa shape index (κ1) is 19.0. The predicted molar refractivity (Wildman–Crippen MR) is 106 cm³/mol. The summed E-state index contributed by atoms with van der Waals surface area (Å²) in [6, 6.07) is 16.9. The molecule has 1 heterocycles. The zero-order valence-corrected chi connectivity index (χ0v) is 16.2. The Morgan fingerprint density at radius 3 is 2.41 bits per heavy atom. The standard InChI is InChI=1S/C22H26N2O3/c1-15(16-10-6-5-7-11-16)24-19-13-9-8-12-17(19)14-18(20(24)25)23-21(26)27-22(2,3)4/h5-13,15,18H,14H2,1-4H3,(H,23,26)/t15-,18+/m0/s1. The van der Waals surface area contributed by atoms with E-state index in [1.807, 2.05) is 61.5 Å². The molecule has 0 bridgehead atoms. The highest BCUT2D eigenvalue weighted by molar-refractivity contribution is 6.02. The average Bonchev–Trinajstić information content (AvgIpc) is 2.61. The van der Waals surface area contributed by atoms with Crippen LogP contribution in [0.2, 0.25) is 0 Å². The van der Waals surface area contributed by atoms with Crippen LogP contribution in [0, 0.1) is 0 Å². The SMILES string of the molecule is C[C@@H](c1ccccc1)N1C(=O)[C@H](NC(=O)OC(C)(C)C)Cc2ccccc21. The third-order valence-corrected chi connectivity index (χ3v) is 4.57. The molecule has 2 aromatic rings. The molecule has 3 rings (SSSR count). The molecule has 0 spiro atoms. The molecule has 5 nitrogen and oxygen atoms in total. The number of nitrogens with one attached hydrogen (secondary N) is 1. The van der Waals surface area contributed by atoms with Crippen LogP contribution in [0.1, 0.15) is 44.9 Å². The molecule has 2 atom stereocenters. The first-order valence-electron chi connectivity index (χ1n) is 9.22. The van der Waals surface area contributed by atoms with Gasteiger partial charge in [0.25, 0.3) is 5.91 Å². The van der Waals surface area contributed by atoms with Crippen LogP contribution in [-0.2, 0) is 16.0 Å². The van der Waals surface area contributed by atoms with Crippen LogP contribution in [0.25, 0.3) is 0 Å². The van der Waals surface area contributed by atoms with Gasteiger partial charge >= 0.3 is 6.09 Å². The quantitative estimate of drug-likeness (QED) is 0.884. The molecular weight excluding hydrogens is 340 g/mol. The lowest BCUT2D eigenvalue weighted by Crippen LogP contribution is -2.54. The van der Waals surface area contributed by atoms with Crippen LogP contribution in [0.5, 0.6) is 0 Å². The van der Waals surface area contributed by atoms with Gasteiger partial charge in [0.2, 0.25) is 0 Å². The van der Waals surface area contributed by atoms with E-state index in [1.165, 1.54) is 0 Å². The second-order valence-corrected chi connectivity index (χ2v) is 7.83. The zero-order valence-electron chi connectivity index (χ0n) is 16.2. The number of anilines is 1. The summed E-state index contributed by atoms with van der Waals surface area (Å²) in [5.41, 5.74) is 2.34. The van der Waals surface area contributed by atoms with E-state index in [0.29, 0.717) is 6.42 Å². The number of benzene rings is 2. The summed E-state index contributed by atoms with van der Waals surface area (Å²) in [5, 5.41) is 2.75. The minimum Gasteiger partial charge on any atom is -0.444 e. The lowest BCUT2D eigenvalue weighted by Gasteiger charge is -2.38.